The van der Waals surface area contributed by atoms with Gasteiger partial charge < -0.3 is 29.2 Å². The fourth-order valence-corrected chi connectivity index (χ4v) is 23.3. The number of thioether (sulfide) groups is 4. The Bertz CT molecular complexity index is 1980. The van der Waals surface area contributed by atoms with Crippen molar-refractivity contribution in [2.24, 2.45) is 0 Å². The van der Waals surface area contributed by atoms with E-state index in [1.165, 1.54) is 99.2 Å². The molecule has 2 N–H and O–H groups in total. The molecule has 0 radical (unpaired) electrons. The third kappa shape index (κ3) is 50.9. The van der Waals surface area contributed by atoms with Gasteiger partial charge in [0, 0.05) is 67.5 Å². The molecule has 0 aromatic carbocycles. The van der Waals surface area contributed by atoms with Gasteiger partial charge in [-0.3, -0.25) is 4.21 Å². The number of hydrogen-bond donors (Lipinski definition) is 2. The van der Waals surface area contributed by atoms with Crippen LogP contribution in [0, 0.1) is 11.8 Å². The van der Waals surface area contributed by atoms with E-state index >= 15 is 0 Å². The summed E-state index contributed by atoms with van der Waals surface area (Å²) in [6.45, 7) is 36.7. The number of aliphatic carboxylic acids is 2. The predicted molar refractivity (Wildman–Crippen MR) is 338 cm³/mol. The standard InChI is InChI=1S/C8H10O4S.C8H22OSSi2.C8H22SSi2.C6H6O4S.C6H4O3S.C5H6O2.C4H11ClSi.CO2.2Na.H2S/c1-11-7(9)5-3-13-4-6(5)8(10)12-2;1-11(2,3)7-10(9)8-12(4,5)6;1-10(2,3)7-9-8-11(4,5)6;7-5(8)3-1-11-2-4(3)6(9)10;7-5-3-1-10-2-4(3)6(8)9-5;1-3-4-5(6)7-2;1-6(2,3)4-5;2-1-3;;;/h3-4H2,1-2H3;7-8H2,1-6H3;7-8H2,1-6H3;1-2H2,(H,7,8)(H,9,10);1-2H2;1-2H3;4H2,1-3H3;;;;1H2. The van der Waals surface area contributed by atoms with E-state index in [1.807, 2.05) is 0 Å². The van der Waals surface area contributed by atoms with Gasteiger partial charge in [-0.25, -0.2) is 33.6 Å². The Kier molecular flexibility index (Phi) is 53.2. The van der Waals surface area contributed by atoms with Crippen LogP contribution in [0.5, 0.6) is 0 Å². The molecule has 0 bridgehead atoms. The Morgan fingerprint density at radius 1 is 0.605 bits per heavy atom. The number of carboxylic acids is 2. The van der Waals surface area contributed by atoms with Crippen molar-refractivity contribution in [1.82, 2.24) is 0 Å². The second-order valence-corrected chi connectivity index (χ2v) is 57.3. The molecule has 0 unspecified atom stereocenters. The minimum atomic E-state index is -1.12. The maximum absolute atomic E-state index is 11.7. The van der Waals surface area contributed by atoms with E-state index in [-0.39, 0.29) is 30.8 Å². The van der Waals surface area contributed by atoms with Crippen LogP contribution in [0.4, 0.5) is 0 Å². The molecule has 0 spiro atoms. The monoisotopic (exact) mass is 1300 g/mol. The molecular formula is C46H83ClNa2O16S6Si5. The van der Waals surface area contributed by atoms with Crippen LogP contribution < -0.4 is 0 Å². The number of hydrogen-bond acceptors (Lipinski definition) is 18. The van der Waals surface area contributed by atoms with Gasteiger partial charge >= 0.3 is 91.6 Å². The Balaban J connectivity index is -0.000000187. The van der Waals surface area contributed by atoms with Gasteiger partial charge in [0.2, 0.25) is 0 Å². The van der Waals surface area contributed by atoms with Crippen molar-refractivity contribution in [2.45, 2.75) is 105 Å². The van der Waals surface area contributed by atoms with Crippen LogP contribution in [0.2, 0.25) is 98.2 Å². The number of halogens is 1. The first-order valence-electron chi connectivity index (χ1n) is 23.5. The molecule has 0 aliphatic carbocycles. The summed E-state index contributed by atoms with van der Waals surface area (Å²) in [5.74, 6) is 3.03. The molecule has 0 atom stereocenters. The second kappa shape index (κ2) is 46.4. The molecule has 0 aromatic rings. The van der Waals surface area contributed by atoms with Crippen molar-refractivity contribution in [2.75, 3.05) is 82.9 Å². The van der Waals surface area contributed by atoms with E-state index in [9.17, 15) is 37.8 Å². The summed E-state index contributed by atoms with van der Waals surface area (Å²) in [7, 11) is -1.24. The molecule has 30 heteroatoms. The summed E-state index contributed by atoms with van der Waals surface area (Å²) >= 11 is 15.0. The van der Waals surface area contributed by atoms with Crippen molar-refractivity contribution in [3.63, 3.8) is 0 Å². The first-order chi connectivity index (χ1) is 34.2. The molecule has 4 rings (SSSR count). The van der Waals surface area contributed by atoms with Gasteiger partial charge in [-0.1, -0.05) is 104 Å². The summed E-state index contributed by atoms with van der Waals surface area (Å²) in [6.07, 6.45) is 0.250. The molecule has 0 saturated carbocycles. The molecule has 0 aromatic heterocycles. The van der Waals surface area contributed by atoms with Crippen LogP contribution in [-0.4, -0.2) is 229 Å². The molecule has 76 heavy (non-hydrogen) atoms. The SMILES string of the molecule is CC#CC(=O)OC.COC(=O)C1=C(C(=O)OC)CSC1.C[Si](C)(C)CCl.C[Si](C)(C)CS(=O)C[Si](C)(C)C.C[Si](C)(C)CSC[Si](C)(C)C.O=C(O)C1=C(C(=O)O)CSC1.O=C1OC(=O)C2=C1CSC2.O=C=O.S.[Na][Na]. The third-order valence-corrected chi connectivity index (χ3v) is 31.9. The number of carbonyl (C=O) groups excluding carboxylic acids is 7. The van der Waals surface area contributed by atoms with Gasteiger partial charge in [-0.15, -0.1) is 11.6 Å². The van der Waals surface area contributed by atoms with Crippen LogP contribution in [0.25, 0.3) is 0 Å². The van der Waals surface area contributed by atoms with E-state index in [0.29, 0.717) is 56.8 Å². The van der Waals surface area contributed by atoms with Gasteiger partial charge in [0.25, 0.3) is 0 Å². The van der Waals surface area contributed by atoms with Gasteiger partial charge in [0.15, 0.2) is 0 Å². The topological polar surface area (TPSA) is 248 Å². The summed E-state index contributed by atoms with van der Waals surface area (Å²) in [5, 5.41) is 21.8. The normalized spacial score (nSPS) is 14.2. The van der Waals surface area contributed by atoms with Crippen LogP contribution in [0.3, 0.4) is 0 Å². The number of methoxy groups -OCH3 is 3. The summed E-state index contributed by atoms with van der Waals surface area (Å²) in [6, 6.07) is 0. The fourth-order valence-electron chi connectivity index (χ4n) is 4.69. The zero-order chi connectivity index (χ0) is 60.1. The average molecular weight is 1310 g/mol. The first kappa shape index (κ1) is 87.2. The molecule has 428 valence electrons. The molecule has 16 nitrogen and oxygen atoms in total. The molecule has 4 aliphatic heterocycles. The number of carbonyl (C=O) groups is 7. The number of cyclic esters (lactones) is 2. The Morgan fingerprint density at radius 3 is 1.11 bits per heavy atom. The van der Waals surface area contributed by atoms with Crippen molar-refractivity contribution in [1.29, 1.82) is 0 Å². The van der Waals surface area contributed by atoms with Crippen molar-refractivity contribution < 1.29 is 76.5 Å². The van der Waals surface area contributed by atoms with Crippen molar-refractivity contribution in [3.05, 3.63) is 33.4 Å². The summed E-state index contributed by atoms with van der Waals surface area (Å²) in [5.41, 5.74) is 2.96. The van der Waals surface area contributed by atoms with Crippen molar-refractivity contribution >= 4 is 215 Å². The first-order valence-corrected chi connectivity index (χ1v) is 56.7. The third-order valence-electron chi connectivity index (χ3n) is 7.70. The molecular weight excluding hydrogens is 1220 g/mol. The Morgan fingerprint density at radius 2 is 0.895 bits per heavy atom. The van der Waals surface area contributed by atoms with Gasteiger partial charge in [-0.2, -0.15) is 70.1 Å². The van der Waals surface area contributed by atoms with E-state index < -0.39 is 93.0 Å². The number of rotatable bonds is 13. The van der Waals surface area contributed by atoms with E-state index in [0.717, 1.165) is 16.3 Å². The molecule has 4 aliphatic rings. The Labute approximate surface area is 518 Å². The second-order valence-electron chi connectivity index (χ2n) is 21.7. The summed E-state index contributed by atoms with van der Waals surface area (Å²) < 4.78 is 29.3. The molecule has 0 fully saturated rings. The fraction of sp³-hybridized carbons (Fsp3) is 0.652. The minimum absolute atomic E-state index is 0. The van der Waals surface area contributed by atoms with Crippen LogP contribution in [-0.2, 0) is 72.9 Å². The molecule has 4 heterocycles. The zero-order valence-corrected chi connectivity index (χ0v) is 63.6. The van der Waals surface area contributed by atoms with Gasteiger partial charge in [0.05, 0.1) is 95.1 Å². The number of alkyl halides is 1. The van der Waals surface area contributed by atoms with Crippen LogP contribution in [0.15, 0.2) is 33.4 Å². The number of esters is 5. The van der Waals surface area contributed by atoms with Crippen LogP contribution >= 0.6 is 72.1 Å². The van der Waals surface area contributed by atoms with Crippen LogP contribution in [0.1, 0.15) is 6.92 Å². The number of carboxylic acid groups (broad SMARTS) is 2. The predicted octanol–water partition coefficient (Wildman–Crippen LogP) is 7.71. The van der Waals surface area contributed by atoms with Gasteiger partial charge in [-0.05, 0) is 17.7 Å². The average Bonchev–Trinajstić information content (AvgIpc) is 4.11. The Hall–Kier alpha value is -0.0756. The molecule has 0 saturated heterocycles. The van der Waals surface area contributed by atoms with Gasteiger partial charge in [0.1, 0.15) is 0 Å². The van der Waals surface area contributed by atoms with E-state index in [2.05, 4.69) is 141 Å². The number of ether oxygens (including phenoxy) is 4. The summed E-state index contributed by atoms with van der Waals surface area (Å²) in [4.78, 5) is 90.8. The van der Waals surface area contributed by atoms with E-state index in [4.69, 9.17) is 31.4 Å². The quantitative estimate of drug-likeness (QED) is 0.0341. The zero-order valence-electron chi connectivity index (χ0n) is 48.8. The van der Waals surface area contributed by atoms with E-state index in [1.54, 1.807) is 18.7 Å². The maximum atomic E-state index is 11.7. The molecule has 0 amide bonds. The van der Waals surface area contributed by atoms with Crippen molar-refractivity contribution in [3.8, 4) is 11.8 Å².